The number of esters is 2. The SMILES string of the molecule is CC(=O)Nc1ccc(/C=C2\C(=O)OC(=O)c3ccccc32)cc1. The maximum Gasteiger partial charge on any atom is 0.346 e. The van der Waals surface area contributed by atoms with Crippen LogP contribution in [0.15, 0.2) is 48.5 Å². The zero-order chi connectivity index (χ0) is 16.4. The molecule has 2 aromatic carbocycles. The van der Waals surface area contributed by atoms with E-state index >= 15 is 0 Å². The van der Waals surface area contributed by atoms with Crippen molar-refractivity contribution < 1.29 is 19.1 Å². The molecular weight excluding hydrogens is 294 g/mol. The van der Waals surface area contributed by atoms with E-state index in [-0.39, 0.29) is 5.91 Å². The second kappa shape index (κ2) is 5.88. The quantitative estimate of drug-likeness (QED) is 0.526. The molecule has 1 amide bonds. The van der Waals surface area contributed by atoms with Gasteiger partial charge in [0, 0.05) is 18.2 Å². The van der Waals surface area contributed by atoms with E-state index < -0.39 is 11.9 Å². The topological polar surface area (TPSA) is 72.5 Å². The van der Waals surface area contributed by atoms with Crippen LogP contribution >= 0.6 is 0 Å². The van der Waals surface area contributed by atoms with E-state index in [9.17, 15) is 14.4 Å². The average Bonchev–Trinajstić information content (AvgIpc) is 2.52. The van der Waals surface area contributed by atoms with Gasteiger partial charge >= 0.3 is 11.9 Å². The van der Waals surface area contributed by atoms with Crippen LogP contribution in [0.5, 0.6) is 0 Å². The first-order valence-electron chi connectivity index (χ1n) is 7.00. The third-order valence-electron chi connectivity index (χ3n) is 3.38. The molecule has 114 valence electrons. The molecule has 1 aliphatic rings. The minimum atomic E-state index is -0.667. The predicted molar refractivity (Wildman–Crippen MR) is 85.5 cm³/mol. The molecule has 1 N–H and O–H groups in total. The van der Waals surface area contributed by atoms with Gasteiger partial charge in [0.2, 0.25) is 5.91 Å². The van der Waals surface area contributed by atoms with Crippen molar-refractivity contribution in [1.29, 1.82) is 0 Å². The Balaban J connectivity index is 1.98. The Hall–Kier alpha value is -3.21. The van der Waals surface area contributed by atoms with Gasteiger partial charge < -0.3 is 10.1 Å². The summed E-state index contributed by atoms with van der Waals surface area (Å²) in [5.41, 5.74) is 2.68. The maximum absolute atomic E-state index is 12.0. The van der Waals surface area contributed by atoms with E-state index in [0.29, 0.717) is 22.4 Å². The number of amides is 1. The summed E-state index contributed by atoms with van der Waals surface area (Å²) in [6, 6.07) is 13.8. The third-order valence-corrected chi connectivity index (χ3v) is 3.38. The Morgan fingerprint density at radius 2 is 1.61 bits per heavy atom. The number of anilines is 1. The molecule has 1 heterocycles. The lowest BCUT2D eigenvalue weighted by atomic mass is 9.95. The van der Waals surface area contributed by atoms with Crippen LogP contribution in [0.3, 0.4) is 0 Å². The third kappa shape index (κ3) is 3.03. The highest BCUT2D eigenvalue weighted by molar-refractivity contribution is 6.29. The number of hydrogen-bond donors (Lipinski definition) is 1. The van der Waals surface area contributed by atoms with E-state index in [0.717, 1.165) is 5.56 Å². The van der Waals surface area contributed by atoms with Crippen LogP contribution in [0.4, 0.5) is 5.69 Å². The van der Waals surface area contributed by atoms with Gasteiger partial charge in [-0.1, -0.05) is 30.3 Å². The van der Waals surface area contributed by atoms with Crippen LogP contribution in [0.1, 0.15) is 28.4 Å². The van der Waals surface area contributed by atoms with E-state index in [2.05, 4.69) is 5.32 Å². The summed E-state index contributed by atoms with van der Waals surface area (Å²) >= 11 is 0. The summed E-state index contributed by atoms with van der Waals surface area (Å²) in [4.78, 5) is 34.8. The Labute approximate surface area is 132 Å². The maximum atomic E-state index is 12.0. The van der Waals surface area contributed by atoms with E-state index in [1.807, 2.05) is 0 Å². The smallest absolute Gasteiger partial charge is 0.346 e. The van der Waals surface area contributed by atoms with Crippen molar-refractivity contribution in [2.75, 3.05) is 5.32 Å². The van der Waals surface area contributed by atoms with Gasteiger partial charge in [0.15, 0.2) is 0 Å². The van der Waals surface area contributed by atoms with Crippen molar-refractivity contribution in [3.05, 3.63) is 65.2 Å². The Morgan fingerprint density at radius 3 is 2.26 bits per heavy atom. The fourth-order valence-electron chi connectivity index (χ4n) is 2.37. The predicted octanol–water partition coefficient (Wildman–Crippen LogP) is 2.88. The molecule has 1 aliphatic heterocycles. The number of carbonyl (C=O) groups excluding carboxylic acids is 3. The van der Waals surface area contributed by atoms with Crippen molar-refractivity contribution in [3.8, 4) is 0 Å². The lowest BCUT2D eigenvalue weighted by Gasteiger charge is -2.16. The molecule has 0 fully saturated rings. The first-order valence-corrected chi connectivity index (χ1v) is 7.00. The molecule has 0 saturated heterocycles. The molecule has 0 aromatic heterocycles. The zero-order valence-corrected chi connectivity index (χ0v) is 12.3. The summed E-state index contributed by atoms with van der Waals surface area (Å²) in [6.07, 6.45) is 1.66. The standard InChI is InChI=1S/C18H13NO4/c1-11(20)19-13-8-6-12(7-9-13)10-16-14-4-2-3-5-15(14)17(21)23-18(16)22/h2-10H,1H3,(H,19,20)/b16-10-. The van der Waals surface area contributed by atoms with Gasteiger partial charge in [-0.3, -0.25) is 4.79 Å². The van der Waals surface area contributed by atoms with Crippen LogP contribution in [-0.2, 0) is 14.3 Å². The average molecular weight is 307 g/mol. The minimum Gasteiger partial charge on any atom is -0.386 e. The summed E-state index contributed by atoms with van der Waals surface area (Å²) in [7, 11) is 0. The minimum absolute atomic E-state index is 0.153. The van der Waals surface area contributed by atoms with Crippen molar-refractivity contribution in [1.82, 2.24) is 0 Å². The monoisotopic (exact) mass is 307 g/mol. The number of benzene rings is 2. The van der Waals surface area contributed by atoms with Gasteiger partial charge in [0.05, 0.1) is 11.1 Å². The second-order valence-electron chi connectivity index (χ2n) is 5.08. The number of nitrogens with one attached hydrogen (secondary N) is 1. The van der Waals surface area contributed by atoms with Gasteiger partial charge in [-0.05, 0) is 29.8 Å². The van der Waals surface area contributed by atoms with Crippen LogP contribution in [-0.4, -0.2) is 17.8 Å². The van der Waals surface area contributed by atoms with Gasteiger partial charge in [-0.25, -0.2) is 9.59 Å². The van der Waals surface area contributed by atoms with E-state index in [4.69, 9.17) is 4.74 Å². The van der Waals surface area contributed by atoms with E-state index in [1.54, 1.807) is 54.6 Å². The molecule has 0 saturated carbocycles. The van der Waals surface area contributed by atoms with Crippen molar-refractivity contribution in [3.63, 3.8) is 0 Å². The molecule has 5 heteroatoms. The Kier molecular flexibility index (Phi) is 3.76. The first-order chi connectivity index (χ1) is 11.0. The lowest BCUT2D eigenvalue weighted by Crippen LogP contribution is -2.21. The molecule has 0 radical (unpaired) electrons. The molecule has 3 rings (SSSR count). The Morgan fingerprint density at radius 1 is 0.957 bits per heavy atom. The van der Waals surface area contributed by atoms with Crippen LogP contribution in [0.2, 0.25) is 0 Å². The highest BCUT2D eigenvalue weighted by Gasteiger charge is 2.28. The molecule has 0 unspecified atom stereocenters. The lowest BCUT2D eigenvalue weighted by molar-refractivity contribution is -0.131. The Bertz CT molecular complexity index is 834. The number of ether oxygens (including phenoxy) is 1. The van der Waals surface area contributed by atoms with Crippen molar-refractivity contribution in [2.24, 2.45) is 0 Å². The normalized spacial score (nSPS) is 15.1. The molecule has 0 bridgehead atoms. The largest absolute Gasteiger partial charge is 0.386 e. The van der Waals surface area contributed by atoms with Crippen molar-refractivity contribution in [2.45, 2.75) is 6.92 Å². The highest BCUT2D eigenvalue weighted by Crippen LogP contribution is 2.28. The molecule has 0 aliphatic carbocycles. The fourth-order valence-corrected chi connectivity index (χ4v) is 2.37. The fraction of sp³-hybridized carbons (Fsp3) is 0.0556. The van der Waals surface area contributed by atoms with Gasteiger partial charge in [-0.2, -0.15) is 0 Å². The summed E-state index contributed by atoms with van der Waals surface area (Å²) < 4.78 is 4.77. The number of carbonyl (C=O) groups is 3. The molecular formula is C18H13NO4. The second-order valence-corrected chi connectivity index (χ2v) is 5.08. The van der Waals surface area contributed by atoms with Crippen LogP contribution in [0, 0.1) is 0 Å². The summed E-state index contributed by atoms with van der Waals surface area (Å²) in [5, 5.41) is 2.67. The van der Waals surface area contributed by atoms with Gasteiger partial charge in [0.25, 0.3) is 0 Å². The zero-order valence-electron chi connectivity index (χ0n) is 12.3. The number of rotatable bonds is 2. The van der Waals surface area contributed by atoms with Gasteiger partial charge in [-0.15, -0.1) is 0 Å². The van der Waals surface area contributed by atoms with Gasteiger partial charge in [0.1, 0.15) is 0 Å². The molecule has 2 aromatic rings. The van der Waals surface area contributed by atoms with E-state index in [1.165, 1.54) is 6.92 Å². The number of cyclic esters (lactones) is 2. The summed E-state index contributed by atoms with van der Waals surface area (Å²) in [6.45, 7) is 1.43. The van der Waals surface area contributed by atoms with Crippen LogP contribution < -0.4 is 5.32 Å². The molecule has 5 nitrogen and oxygen atoms in total. The molecule has 0 atom stereocenters. The molecule has 0 spiro atoms. The van der Waals surface area contributed by atoms with Crippen molar-refractivity contribution >= 4 is 35.2 Å². The highest BCUT2D eigenvalue weighted by atomic mass is 16.6. The molecule has 23 heavy (non-hydrogen) atoms. The number of hydrogen-bond acceptors (Lipinski definition) is 4. The number of fused-ring (bicyclic) bond motifs is 1. The summed E-state index contributed by atoms with van der Waals surface area (Å²) in [5.74, 6) is -1.46. The van der Waals surface area contributed by atoms with Crippen LogP contribution in [0.25, 0.3) is 11.6 Å². The first kappa shape index (κ1) is 14.7.